The number of hydrogen-bond acceptors (Lipinski definition) is 6. The van der Waals surface area contributed by atoms with Crippen molar-refractivity contribution in [1.82, 2.24) is 20.5 Å². The van der Waals surface area contributed by atoms with E-state index in [0.717, 1.165) is 28.8 Å². The van der Waals surface area contributed by atoms with Gasteiger partial charge in [0, 0.05) is 23.4 Å². The van der Waals surface area contributed by atoms with Crippen molar-refractivity contribution in [2.45, 2.75) is 12.3 Å². The maximum atomic E-state index is 8.60. The number of rotatable bonds is 8. The average molecular weight is 336 g/mol. The van der Waals surface area contributed by atoms with Crippen LogP contribution in [0.5, 0.6) is 0 Å². The molecule has 1 aromatic rings. The van der Waals surface area contributed by atoms with E-state index in [0.29, 0.717) is 19.0 Å². The van der Waals surface area contributed by atoms with E-state index in [1.54, 1.807) is 23.1 Å². The fourth-order valence-electron chi connectivity index (χ4n) is 1.52. The Kier molecular flexibility index (Phi) is 9.08. The molecule has 0 radical (unpaired) electrons. The number of aromatic nitrogens is 1. The SMILES string of the molecule is C#CCNC(=NCCSCc1nc(CN(C)C)cs1)NC#N. The quantitative estimate of drug-likeness (QED) is 0.185. The molecule has 0 fully saturated rings. The second-order valence-electron chi connectivity index (χ2n) is 4.55. The summed E-state index contributed by atoms with van der Waals surface area (Å²) in [5.74, 6) is 4.60. The van der Waals surface area contributed by atoms with Crippen LogP contribution in [0.2, 0.25) is 0 Å². The van der Waals surface area contributed by atoms with E-state index in [-0.39, 0.29) is 0 Å². The van der Waals surface area contributed by atoms with E-state index >= 15 is 0 Å². The molecule has 0 saturated carbocycles. The summed E-state index contributed by atoms with van der Waals surface area (Å²) in [5, 5.41) is 17.2. The van der Waals surface area contributed by atoms with Crippen molar-refractivity contribution in [2.24, 2.45) is 4.99 Å². The summed E-state index contributed by atoms with van der Waals surface area (Å²) < 4.78 is 0. The highest BCUT2D eigenvalue weighted by Crippen LogP contribution is 2.17. The number of hydrogen-bond donors (Lipinski definition) is 2. The van der Waals surface area contributed by atoms with Crippen LogP contribution in [-0.4, -0.2) is 48.8 Å². The van der Waals surface area contributed by atoms with Gasteiger partial charge in [-0.3, -0.25) is 10.3 Å². The van der Waals surface area contributed by atoms with Crippen molar-refractivity contribution in [3.8, 4) is 18.5 Å². The monoisotopic (exact) mass is 336 g/mol. The van der Waals surface area contributed by atoms with Crippen molar-refractivity contribution in [1.29, 1.82) is 5.26 Å². The summed E-state index contributed by atoms with van der Waals surface area (Å²) in [4.78, 5) is 10.9. The third-order valence-electron chi connectivity index (χ3n) is 2.34. The van der Waals surface area contributed by atoms with Gasteiger partial charge in [-0.05, 0) is 14.1 Å². The van der Waals surface area contributed by atoms with E-state index < -0.39 is 0 Å². The first kappa shape index (κ1) is 18.3. The lowest BCUT2D eigenvalue weighted by Gasteiger charge is -2.05. The molecule has 1 aromatic heterocycles. The third kappa shape index (κ3) is 7.89. The summed E-state index contributed by atoms with van der Waals surface area (Å²) in [7, 11) is 4.07. The number of aliphatic imine (C=N–C) groups is 1. The first-order valence-electron chi connectivity index (χ1n) is 6.68. The molecule has 0 amide bonds. The second kappa shape index (κ2) is 10.9. The van der Waals surface area contributed by atoms with Crippen molar-refractivity contribution < 1.29 is 0 Å². The third-order valence-corrected chi connectivity index (χ3v) is 4.37. The van der Waals surface area contributed by atoms with Gasteiger partial charge in [0.1, 0.15) is 5.01 Å². The smallest absolute Gasteiger partial charge is 0.205 e. The molecule has 0 atom stereocenters. The first-order chi connectivity index (χ1) is 10.7. The van der Waals surface area contributed by atoms with Crippen LogP contribution >= 0.6 is 23.1 Å². The number of terminal acetylenes is 1. The van der Waals surface area contributed by atoms with Crippen LogP contribution in [0.1, 0.15) is 10.7 Å². The van der Waals surface area contributed by atoms with Crippen LogP contribution < -0.4 is 10.6 Å². The summed E-state index contributed by atoms with van der Waals surface area (Å²) in [6.07, 6.45) is 6.99. The Morgan fingerprint density at radius 2 is 2.41 bits per heavy atom. The largest absolute Gasteiger partial charge is 0.345 e. The van der Waals surface area contributed by atoms with Crippen molar-refractivity contribution in [2.75, 3.05) is 32.9 Å². The molecule has 0 aromatic carbocycles. The number of nitrogens with one attached hydrogen (secondary N) is 2. The van der Waals surface area contributed by atoms with Gasteiger partial charge in [0.05, 0.1) is 18.8 Å². The molecular weight excluding hydrogens is 316 g/mol. The lowest BCUT2D eigenvalue weighted by Crippen LogP contribution is -2.34. The highest BCUT2D eigenvalue weighted by Gasteiger charge is 2.03. The molecule has 0 bridgehead atoms. The van der Waals surface area contributed by atoms with Crippen LogP contribution in [0.4, 0.5) is 0 Å². The van der Waals surface area contributed by atoms with Crippen molar-refractivity contribution in [3.05, 3.63) is 16.1 Å². The summed E-state index contributed by atoms with van der Waals surface area (Å²) >= 11 is 3.46. The van der Waals surface area contributed by atoms with Crippen LogP contribution in [0.15, 0.2) is 10.4 Å². The molecule has 0 spiro atoms. The molecule has 0 saturated heterocycles. The Labute approximate surface area is 140 Å². The van der Waals surface area contributed by atoms with Gasteiger partial charge in [-0.2, -0.15) is 17.0 Å². The molecule has 2 N–H and O–H groups in total. The van der Waals surface area contributed by atoms with Gasteiger partial charge < -0.3 is 10.2 Å². The summed E-state index contributed by atoms with van der Waals surface area (Å²) in [6, 6.07) is 0. The standard InChI is InChI=1S/C14H20N6S2/c1-4-5-16-14(18-11-15)17-6-7-21-10-13-19-12(9-22-13)8-20(2)3/h1,9H,5-8,10H2,2-3H3,(H2,16,17,18). The Bertz CT molecular complexity index is 552. The first-order valence-corrected chi connectivity index (χ1v) is 8.71. The summed E-state index contributed by atoms with van der Waals surface area (Å²) in [6.45, 7) is 1.83. The predicted octanol–water partition coefficient (Wildman–Crippen LogP) is 1.09. The summed E-state index contributed by atoms with van der Waals surface area (Å²) in [5.41, 5.74) is 1.11. The van der Waals surface area contributed by atoms with Crippen LogP contribution in [0, 0.1) is 23.8 Å². The zero-order valence-corrected chi connectivity index (χ0v) is 14.4. The Balaban J connectivity index is 2.27. The van der Waals surface area contributed by atoms with Gasteiger partial charge in [0.15, 0.2) is 6.19 Å². The fraction of sp³-hybridized carbons (Fsp3) is 0.500. The highest BCUT2D eigenvalue weighted by atomic mass is 32.2. The molecule has 6 nitrogen and oxygen atoms in total. The molecule has 1 rings (SSSR count). The van der Waals surface area contributed by atoms with E-state index in [1.807, 2.05) is 20.3 Å². The fourth-order valence-corrected chi connectivity index (χ4v) is 3.22. The van der Waals surface area contributed by atoms with Crippen LogP contribution in [-0.2, 0) is 12.3 Å². The maximum absolute atomic E-state index is 8.60. The molecule has 1 heterocycles. The van der Waals surface area contributed by atoms with Crippen LogP contribution in [0.3, 0.4) is 0 Å². The van der Waals surface area contributed by atoms with Gasteiger partial charge in [-0.15, -0.1) is 17.8 Å². The number of nitriles is 1. The minimum Gasteiger partial charge on any atom is -0.345 e. The highest BCUT2D eigenvalue weighted by molar-refractivity contribution is 7.98. The van der Waals surface area contributed by atoms with E-state index in [9.17, 15) is 0 Å². The predicted molar refractivity (Wildman–Crippen MR) is 93.6 cm³/mol. The Morgan fingerprint density at radius 3 is 3.09 bits per heavy atom. The normalized spacial score (nSPS) is 11.0. The number of thiazole rings is 1. The van der Waals surface area contributed by atoms with Crippen molar-refractivity contribution in [3.63, 3.8) is 0 Å². The zero-order chi connectivity index (χ0) is 16.2. The number of guanidine groups is 1. The van der Waals surface area contributed by atoms with Gasteiger partial charge in [-0.1, -0.05) is 5.92 Å². The Hall–Kier alpha value is -1.74. The number of nitrogens with zero attached hydrogens (tertiary/aromatic N) is 4. The molecule has 22 heavy (non-hydrogen) atoms. The lowest BCUT2D eigenvalue weighted by atomic mass is 10.5. The van der Waals surface area contributed by atoms with Crippen LogP contribution in [0.25, 0.3) is 0 Å². The van der Waals surface area contributed by atoms with Gasteiger partial charge in [0.2, 0.25) is 5.96 Å². The molecular formula is C14H20N6S2. The average Bonchev–Trinajstić information content (AvgIpc) is 2.90. The van der Waals surface area contributed by atoms with Gasteiger partial charge >= 0.3 is 0 Å². The van der Waals surface area contributed by atoms with Gasteiger partial charge in [-0.25, -0.2) is 4.98 Å². The minimum absolute atomic E-state index is 0.342. The lowest BCUT2D eigenvalue weighted by molar-refractivity contribution is 0.397. The van der Waals surface area contributed by atoms with E-state index in [1.165, 1.54) is 0 Å². The molecule has 0 unspecified atom stereocenters. The minimum atomic E-state index is 0.342. The molecule has 0 aliphatic rings. The van der Waals surface area contributed by atoms with Gasteiger partial charge in [0.25, 0.3) is 0 Å². The van der Waals surface area contributed by atoms with Crippen molar-refractivity contribution >= 4 is 29.1 Å². The Morgan fingerprint density at radius 1 is 1.59 bits per heavy atom. The van der Waals surface area contributed by atoms with E-state index in [2.05, 4.69) is 36.8 Å². The zero-order valence-electron chi connectivity index (χ0n) is 12.8. The molecule has 8 heteroatoms. The molecule has 0 aliphatic heterocycles. The maximum Gasteiger partial charge on any atom is 0.205 e. The van der Waals surface area contributed by atoms with E-state index in [4.69, 9.17) is 11.7 Å². The molecule has 118 valence electrons. The second-order valence-corrected chi connectivity index (χ2v) is 6.60. The molecule has 0 aliphatic carbocycles. The topological polar surface area (TPSA) is 76.3 Å². The number of thioether (sulfide) groups is 1.